The van der Waals surface area contributed by atoms with E-state index in [9.17, 15) is 66.4 Å². The monoisotopic (exact) mass is 692 g/mol. The second kappa shape index (κ2) is 16.5. The standard InChI is InChI=1S/C27H48O20/c1-7(2)22-24(23(15(34)10(5-30)42-22)46-26-20(39)17(36)13(32)9(4-29)44-26)47-27-21(40)18(37)14(33)11(45-27)6-41-25-19(38)16(35)12(31)8(3-28)43-25/h7-40H,3-6H2,1-2H3/t8-,9-,10-,11-,12-,13-,14-,15-,16+,17+,18+,19-,20-,21-,22?,23+,24+,25-,26+,27+/m1/s1. The molecule has 13 N–H and O–H groups in total. The highest BCUT2D eigenvalue weighted by atomic mass is 16.8. The van der Waals surface area contributed by atoms with E-state index in [1.165, 1.54) is 0 Å². The summed E-state index contributed by atoms with van der Waals surface area (Å²) in [7, 11) is 0. The number of hydrogen-bond donors (Lipinski definition) is 13. The molecule has 0 aromatic rings. The van der Waals surface area contributed by atoms with Crippen molar-refractivity contribution in [3.8, 4) is 0 Å². The summed E-state index contributed by atoms with van der Waals surface area (Å²) in [6, 6.07) is 0. The van der Waals surface area contributed by atoms with Gasteiger partial charge in [-0.25, -0.2) is 0 Å². The average molecular weight is 693 g/mol. The Labute approximate surface area is 268 Å². The summed E-state index contributed by atoms with van der Waals surface area (Å²) in [5, 5.41) is 133. The lowest BCUT2D eigenvalue weighted by molar-refractivity contribution is -0.376. The van der Waals surface area contributed by atoms with Crippen molar-refractivity contribution in [3.63, 3.8) is 0 Å². The van der Waals surface area contributed by atoms with Gasteiger partial charge in [0.25, 0.3) is 0 Å². The van der Waals surface area contributed by atoms with E-state index in [0.29, 0.717) is 0 Å². The van der Waals surface area contributed by atoms with Gasteiger partial charge < -0.3 is 99.5 Å². The van der Waals surface area contributed by atoms with Crippen molar-refractivity contribution in [3.05, 3.63) is 0 Å². The van der Waals surface area contributed by atoms with Gasteiger partial charge in [-0.2, -0.15) is 0 Å². The van der Waals surface area contributed by atoms with Gasteiger partial charge >= 0.3 is 0 Å². The Kier molecular flexibility index (Phi) is 13.7. The molecule has 4 fully saturated rings. The Hall–Kier alpha value is -0.800. The lowest BCUT2D eigenvalue weighted by atomic mass is 9.88. The summed E-state index contributed by atoms with van der Waals surface area (Å²) in [4.78, 5) is 0. The largest absolute Gasteiger partial charge is 0.394 e. The molecule has 20 atom stereocenters. The van der Waals surface area contributed by atoms with E-state index in [2.05, 4.69) is 0 Å². The Balaban J connectivity index is 1.55. The van der Waals surface area contributed by atoms with Crippen LogP contribution in [-0.4, -0.2) is 215 Å². The highest BCUT2D eigenvalue weighted by Gasteiger charge is 2.55. The molecule has 0 spiro atoms. The van der Waals surface area contributed by atoms with Gasteiger partial charge in [-0.05, 0) is 5.92 Å². The maximum absolute atomic E-state index is 11.1. The molecule has 4 heterocycles. The third kappa shape index (κ3) is 8.08. The molecule has 47 heavy (non-hydrogen) atoms. The van der Waals surface area contributed by atoms with E-state index in [1.54, 1.807) is 13.8 Å². The summed E-state index contributed by atoms with van der Waals surface area (Å²) >= 11 is 0. The molecule has 0 bridgehead atoms. The molecule has 0 aliphatic carbocycles. The molecule has 0 saturated carbocycles. The van der Waals surface area contributed by atoms with Crippen LogP contribution in [-0.2, 0) is 33.2 Å². The summed E-state index contributed by atoms with van der Waals surface area (Å²) in [5.74, 6) is -0.441. The van der Waals surface area contributed by atoms with Gasteiger partial charge in [0.1, 0.15) is 97.7 Å². The second-order valence-electron chi connectivity index (χ2n) is 12.5. The topological polar surface area (TPSA) is 328 Å². The summed E-state index contributed by atoms with van der Waals surface area (Å²) in [5.41, 5.74) is 0. The van der Waals surface area contributed by atoms with Crippen LogP contribution in [0.5, 0.6) is 0 Å². The number of aliphatic hydroxyl groups is 13. The molecule has 4 aliphatic rings. The number of aliphatic hydroxyl groups excluding tert-OH is 13. The Morgan fingerprint density at radius 2 is 0.830 bits per heavy atom. The first-order chi connectivity index (χ1) is 22.2. The van der Waals surface area contributed by atoms with E-state index in [1.807, 2.05) is 0 Å². The quantitative estimate of drug-likeness (QED) is 0.0956. The van der Waals surface area contributed by atoms with E-state index in [4.69, 9.17) is 33.2 Å². The molecule has 0 amide bonds. The lowest BCUT2D eigenvalue weighted by Crippen LogP contribution is -2.67. The molecule has 0 radical (unpaired) electrons. The molecule has 1 unspecified atom stereocenters. The maximum atomic E-state index is 11.1. The van der Waals surface area contributed by atoms with Crippen LogP contribution in [0.4, 0.5) is 0 Å². The van der Waals surface area contributed by atoms with Crippen molar-refractivity contribution in [1.29, 1.82) is 0 Å². The number of ether oxygens (including phenoxy) is 7. The first-order valence-corrected chi connectivity index (χ1v) is 15.3. The normalized spacial score (nSPS) is 51.3. The fourth-order valence-corrected chi connectivity index (χ4v) is 6.00. The predicted octanol–water partition coefficient (Wildman–Crippen LogP) is -8.04. The van der Waals surface area contributed by atoms with E-state index < -0.39 is 155 Å². The van der Waals surface area contributed by atoms with Gasteiger partial charge in [-0.15, -0.1) is 0 Å². The van der Waals surface area contributed by atoms with Crippen molar-refractivity contribution < 1.29 is 99.5 Å². The molecule has 4 aliphatic heterocycles. The molecule has 0 aromatic carbocycles. The lowest BCUT2D eigenvalue weighted by Gasteiger charge is -2.50. The van der Waals surface area contributed by atoms with E-state index in [0.717, 1.165) is 0 Å². The number of hydrogen-bond acceptors (Lipinski definition) is 20. The van der Waals surface area contributed by atoms with Crippen LogP contribution in [0.3, 0.4) is 0 Å². The molecule has 0 aromatic heterocycles. The summed E-state index contributed by atoms with van der Waals surface area (Å²) in [6.07, 6.45) is -32.6. The molecule has 4 rings (SSSR count). The zero-order valence-corrected chi connectivity index (χ0v) is 25.6. The smallest absolute Gasteiger partial charge is 0.187 e. The van der Waals surface area contributed by atoms with E-state index in [-0.39, 0.29) is 0 Å². The first-order valence-electron chi connectivity index (χ1n) is 15.3. The van der Waals surface area contributed by atoms with Crippen LogP contribution < -0.4 is 0 Å². The Bertz CT molecular complexity index is 959. The molecular formula is C27H48O20. The maximum Gasteiger partial charge on any atom is 0.187 e. The van der Waals surface area contributed by atoms with Crippen LogP contribution in [0.2, 0.25) is 0 Å². The van der Waals surface area contributed by atoms with Gasteiger partial charge in [0.05, 0.1) is 32.5 Å². The molecule has 20 nitrogen and oxygen atoms in total. The van der Waals surface area contributed by atoms with Crippen LogP contribution in [0.15, 0.2) is 0 Å². The van der Waals surface area contributed by atoms with Crippen molar-refractivity contribution in [2.24, 2.45) is 5.92 Å². The van der Waals surface area contributed by atoms with Crippen LogP contribution in [0, 0.1) is 5.92 Å². The van der Waals surface area contributed by atoms with Crippen molar-refractivity contribution in [1.82, 2.24) is 0 Å². The fraction of sp³-hybridized carbons (Fsp3) is 1.00. The molecule has 20 heteroatoms. The SMILES string of the molecule is CC(C)C1O[C@H](CO)[C@@H](O)[C@H](O[C@@H]2O[C@H](CO)[C@@H](O)[C@H](O)[C@H]2O)[C@H]1O[C@@H]1O[C@H](CO[C@@H]2O[C@H](CO)[C@@H](O)[C@H](O)[C@H]2O)[C@@H](O)[C@H](O)[C@H]1O. The van der Waals surface area contributed by atoms with Crippen molar-refractivity contribution in [2.75, 3.05) is 26.4 Å². The zero-order valence-electron chi connectivity index (χ0n) is 25.6. The van der Waals surface area contributed by atoms with Gasteiger partial charge in [0.15, 0.2) is 18.9 Å². The minimum absolute atomic E-state index is 0.441. The average Bonchev–Trinajstić information content (AvgIpc) is 3.05. The van der Waals surface area contributed by atoms with Gasteiger partial charge in [-0.1, -0.05) is 13.8 Å². The van der Waals surface area contributed by atoms with E-state index >= 15 is 0 Å². The summed E-state index contributed by atoms with van der Waals surface area (Å²) < 4.78 is 39.6. The van der Waals surface area contributed by atoms with Crippen molar-refractivity contribution >= 4 is 0 Å². The zero-order chi connectivity index (χ0) is 34.9. The highest BCUT2D eigenvalue weighted by molar-refractivity contribution is 4.99. The summed E-state index contributed by atoms with van der Waals surface area (Å²) in [6.45, 7) is 0.518. The van der Waals surface area contributed by atoms with Gasteiger partial charge in [-0.3, -0.25) is 0 Å². The Morgan fingerprint density at radius 3 is 1.30 bits per heavy atom. The Morgan fingerprint density at radius 1 is 0.447 bits per heavy atom. The third-order valence-electron chi connectivity index (χ3n) is 8.91. The van der Waals surface area contributed by atoms with Crippen molar-refractivity contribution in [2.45, 2.75) is 136 Å². The van der Waals surface area contributed by atoms with Crippen LogP contribution >= 0.6 is 0 Å². The second-order valence-corrected chi connectivity index (χ2v) is 12.5. The minimum atomic E-state index is -1.93. The predicted molar refractivity (Wildman–Crippen MR) is 147 cm³/mol. The van der Waals surface area contributed by atoms with Gasteiger partial charge in [0, 0.05) is 0 Å². The van der Waals surface area contributed by atoms with Gasteiger partial charge in [0.2, 0.25) is 0 Å². The minimum Gasteiger partial charge on any atom is -0.394 e. The van der Waals surface area contributed by atoms with Crippen LogP contribution in [0.1, 0.15) is 13.8 Å². The first kappa shape index (κ1) is 39.0. The highest BCUT2D eigenvalue weighted by Crippen LogP contribution is 2.35. The number of rotatable bonds is 11. The third-order valence-corrected chi connectivity index (χ3v) is 8.91. The van der Waals surface area contributed by atoms with Crippen LogP contribution in [0.25, 0.3) is 0 Å². The fourth-order valence-electron chi connectivity index (χ4n) is 6.00. The molecule has 4 saturated heterocycles. The molecule has 276 valence electrons. The molecular weight excluding hydrogens is 644 g/mol.